The van der Waals surface area contributed by atoms with E-state index in [0.717, 1.165) is 0 Å². The molecule has 0 fully saturated rings. The van der Waals surface area contributed by atoms with Crippen LogP contribution in [0.4, 0.5) is 17.1 Å². The van der Waals surface area contributed by atoms with E-state index in [0.29, 0.717) is 0 Å². The molecule has 9 aromatic rings. The summed E-state index contributed by atoms with van der Waals surface area (Å²) in [4.78, 5) is 2.57. The minimum Gasteiger partial charge on any atom is -0.309 e. The van der Waals surface area contributed by atoms with Crippen LogP contribution >= 0.6 is 11.3 Å². The molecule has 2 aliphatic carbocycles. The van der Waals surface area contributed by atoms with Crippen molar-refractivity contribution >= 4 is 48.6 Å². The van der Waals surface area contributed by atoms with Gasteiger partial charge in [0.25, 0.3) is 0 Å². The number of fused-ring (bicyclic) bond motifs is 9. The molecule has 256 valence electrons. The smallest absolute Gasteiger partial charge is 0.0714 e. The first-order valence-corrected chi connectivity index (χ1v) is 19.7. The van der Waals surface area contributed by atoms with Crippen molar-refractivity contribution in [2.45, 2.75) is 24.7 Å². The summed E-state index contributed by atoms with van der Waals surface area (Å²) in [7, 11) is 0. The van der Waals surface area contributed by atoms with Crippen LogP contribution in [0, 0.1) is 0 Å². The predicted molar refractivity (Wildman–Crippen MR) is 229 cm³/mol. The Kier molecular flexibility index (Phi) is 6.75. The van der Waals surface area contributed by atoms with Crippen LogP contribution in [0.25, 0.3) is 42.4 Å². The van der Waals surface area contributed by atoms with Gasteiger partial charge in [-0.25, -0.2) is 0 Å². The molecule has 1 aromatic heterocycles. The van der Waals surface area contributed by atoms with Gasteiger partial charge in [0.05, 0.1) is 16.8 Å². The van der Waals surface area contributed by atoms with E-state index in [-0.39, 0.29) is 5.41 Å². The lowest BCUT2D eigenvalue weighted by Crippen LogP contribution is -2.28. The van der Waals surface area contributed by atoms with E-state index in [2.05, 4.69) is 207 Å². The van der Waals surface area contributed by atoms with Gasteiger partial charge in [-0.2, -0.15) is 0 Å². The standard InChI is InChI=1S/C52H37NS/c1-51(2)41-24-12-9-21-37(41)38-32-31-36(33-44(38)51)53(46-28-16-30-48-50(46)40-23-11-14-29-47(40)54-48)45-27-15-26-43-49(45)39-22-10-13-25-42(39)52(43,34-17-5-3-6-18-34)35-19-7-4-8-20-35/h3-33H,1-2H3. The first-order valence-electron chi connectivity index (χ1n) is 18.9. The van der Waals surface area contributed by atoms with Gasteiger partial charge in [-0.15, -0.1) is 11.3 Å². The van der Waals surface area contributed by atoms with E-state index >= 15 is 0 Å². The first-order chi connectivity index (χ1) is 26.6. The second kappa shape index (κ2) is 11.6. The fraction of sp³-hybridized carbons (Fsp3) is 0.0769. The maximum Gasteiger partial charge on any atom is 0.0714 e. The van der Waals surface area contributed by atoms with Gasteiger partial charge in [0.15, 0.2) is 0 Å². The number of benzene rings is 8. The average molecular weight is 708 g/mol. The molecule has 0 aliphatic heterocycles. The molecule has 0 unspecified atom stereocenters. The van der Waals surface area contributed by atoms with Gasteiger partial charge in [0, 0.05) is 36.8 Å². The Morgan fingerprint density at radius 2 is 1.00 bits per heavy atom. The van der Waals surface area contributed by atoms with E-state index in [1.165, 1.54) is 92.9 Å². The number of hydrogen-bond acceptors (Lipinski definition) is 2. The highest BCUT2D eigenvalue weighted by atomic mass is 32.1. The predicted octanol–water partition coefficient (Wildman–Crippen LogP) is 14.2. The van der Waals surface area contributed by atoms with Crippen LogP contribution in [0.15, 0.2) is 188 Å². The lowest BCUT2D eigenvalue weighted by molar-refractivity contribution is 0.660. The van der Waals surface area contributed by atoms with Gasteiger partial charge in [-0.3, -0.25) is 0 Å². The van der Waals surface area contributed by atoms with Crippen molar-refractivity contribution in [2.24, 2.45) is 0 Å². The first kappa shape index (κ1) is 31.3. The highest BCUT2D eigenvalue weighted by Crippen LogP contribution is 2.60. The second-order valence-electron chi connectivity index (χ2n) is 15.2. The summed E-state index contributed by atoms with van der Waals surface area (Å²) >= 11 is 1.88. The molecule has 0 saturated heterocycles. The fourth-order valence-electron chi connectivity index (χ4n) is 9.84. The average Bonchev–Trinajstić information content (AvgIpc) is 3.84. The SMILES string of the molecule is CC1(C)c2ccccc2-c2ccc(N(c3cccc4c3-c3ccccc3C4(c3ccccc3)c3ccccc3)c3cccc4sc5ccccc5c34)cc21. The Hall–Kier alpha value is -6.22. The third-order valence-corrected chi connectivity index (χ3v) is 13.3. The number of nitrogens with zero attached hydrogens (tertiary/aromatic N) is 1. The Morgan fingerprint density at radius 3 is 1.78 bits per heavy atom. The highest BCUT2D eigenvalue weighted by molar-refractivity contribution is 7.26. The van der Waals surface area contributed by atoms with Gasteiger partial charge < -0.3 is 4.90 Å². The molecule has 2 heteroatoms. The molecule has 0 N–H and O–H groups in total. The summed E-state index contributed by atoms with van der Waals surface area (Å²) in [6, 6.07) is 70.2. The van der Waals surface area contributed by atoms with Crippen molar-refractivity contribution in [3.05, 3.63) is 221 Å². The van der Waals surface area contributed by atoms with Crippen LogP contribution in [0.3, 0.4) is 0 Å². The number of anilines is 3. The Labute approximate surface area is 320 Å². The van der Waals surface area contributed by atoms with E-state index in [4.69, 9.17) is 0 Å². The maximum absolute atomic E-state index is 2.57. The van der Waals surface area contributed by atoms with Crippen LogP contribution in [0.5, 0.6) is 0 Å². The van der Waals surface area contributed by atoms with Crippen LogP contribution in [-0.4, -0.2) is 0 Å². The summed E-state index contributed by atoms with van der Waals surface area (Å²) in [5.41, 5.74) is 16.1. The van der Waals surface area contributed by atoms with E-state index in [1.807, 2.05) is 11.3 Å². The number of thiophene rings is 1. The van der Waals surface area contributed by atoms with Gasteiger partial charge in [0.1, 0.15) is 0 Å². The topological polar surface area (TPSA) is 3.24 Å². The molecule has 0 spiro atoms. The maximum atomic E-state index is 2.57. The number of rotatable bonds is 5. The molecule has 0 saturated carbocycles. The van der Waals surface area contributed by atoms with Gasteiger partial charge >= 0.3 is 0 Å². The third kappa shape index (κ3) is 4.20. The van der Waals surface area contributed by atoms with Crippen molar-refractivity contribution in [2.75, 3.05) is 4.90 Å². The molecule has 2 aliphatic rings. The van der Waals surface area contributed by atoms with Crippen LogP contribution in [0.2, 0.25) is 0 Å². The summed E-state index contributed by atoms with van der Waals surface area (Å²) in [6.07, 6.45) is 0. The molecule has 54 heavy (non-hydrogen) atoms. The fourth-order valence-corrected chi connectivity index (χ4v) is 11.0. The zero-order valence-corrected chi connectivity index (χ0v) is 31.1. The molecule has 8 aromatic carbocycles. The summed E-state index contributed by atoms with van der Waals surface area (Å²) < 4.78 is 2.60. The second-order valence-corrected chi connectivity index (χ2v) is 16.3. The van der Waals surface area contributed by atoms with Crippen molar-refractivity contribution in [1.82, 2.24) is 0 Å². The van der Waals surface area contributed by atoms with E-state index < -0.39 is 5.41 Å². The Morgan fingerprint density at radius 1 is 0.426 bits per heavy atom. The van der Waals surface area contributed by atoms with Crippen molar-refractivity contribution in [3.8, 4) is 22.3 Å². The molecule has 0 radical (unpaired) electrons. The highest BCUT2D eigenvalue weighted by Gasteiger charge is 2.47. The molecule has 0 amide bonds. The zero-order valence-electron chi connectivity index (χ0n) is 30.3. The molecule has 0 atom stereocenters. The minimum absolute atomic E-state index is 0.129. The zero-order chi connectivity index (χ0) is 36.0. The Balaban J connectivity index is 1.26. The summed E-state index contributed by atoms with van der Waals surface area (Å²) in [6.45, 7) is 4.76. The van der Waals surface area contributed by atoms with Crippen molar-refractivity contribution in [1.29, 1.82) is 0 Å². The van der Waals surface area contributed by atoms with Gasteiger partial charge in [-0.1, -0.05) is 166 Å². The summed E-state index contributed by atoms with van der Waals surface area (Å²) in [5.74, 6) is 0. The Bertz CT molecular complexity index is 2880. The van der Waals surface area contributed by atoms with Crippen LogP contribution in [0.1, 0.15) is 47.2 Å². The van der Waals surface area contributed by atoms with E-state index in [9.17, 15) is 0 Å². The molecular formula is C52H37NS. The van der Waals surface area contributed by atoms with E-state index in [1.54, 1.807) is 0 Å². The molecular weight excluding hydrogens is 671 g/mol. The summed E-state index contributed by atoms with van der Waals surface area (Å²) in [5, 5.41) is 2.59. The monoisotopic (exact) mass is 707 g/mol. The number of hydrogen-bond donors (Lipinski definition) is 0. The van der Waals surface area contributed by atoms with Gasteiger partial charge in [0.2, 0.25) is 0 Å². The van der Waals surface area contributed by atoms with Crippen molar-refractivity contribution in [3.63, 3.8) is 0 Å². The normalized spacial score (nSPS) is 14.4. The lowest BCUT2D eigenvalue weighted by atomic mass is 9.68. The van der Waals surface area contributed by atoms with Crippen LogP contribution < -0.4 is 4.90 Å². The van der Waals surface area contributed by atoms with Crippen molar-refractivity contribution < 1.29 is 0 Å². The van der Waals surface area contributed by atoms with Gasteiger partial charge in [-0.05, 0) is 86.5 Å². The van der Waals surface area contributed by atoms with Crippen LogP contribution in [-0.2, 0) is 10.8 Å². The molecule has 1 nitrogen and oxygen atoms in total. The quantitative estimate of drug-likeness (QED) is 0.172. The minimum atomic E-state index is -0.487. The molecule has 1 heterocycles. The largest absolute Gasteiger partial charge is 0.309 e. The molecule has 11 rings (SSSR count). The lowest BCUT2D eigenvalue weighted by Gasteiger charge is -2.34. The molecule has 0 bridgehead atoms. The third-order valence-electron chi connectivity index (χ3n) is 12.1.